The Kier molecular flexibility index (Phi) is 42.4. The van der Waals surface area contributed by atoms with Gasteiger partial charge in [0.15, 0.2) is 0 Å². The molecule has 9 nitrogen and oxygen atoms in total. The number of quaternary nitrogens is 1. The number of ether oxygens (including phenoxy) is 1. The third kappa shape index (κ3) is 44.9. The van der Waals surface area contributed by atoms with Gasteiger partial charge in [0.05, 0.1) is 33.8 Å². The lowest BCUT2D eigenvalue weighted by atomic mass is 10.0. The molecule has 0 bridgehead atoms. The second-order valence-electron chi connectivity index (χ2n) is 18.7. The number of rotatable bonds is 46. The van der Waals surface area contributed by atoms with Gasteiger partial charge in [-0.1, -0.05) is 198 Å². The van der Waals surface area contributed by atoms with Crippen LogP contribution in [-0.2, 0) is 27.9 Å². The van der Waals surface area contributed by atoms with Crippen molar-refractivity contribution in [2.45, 2.75) is 238 Å². The highest BCUT2D eigenvalue weighted by Gasteiger charge is 2.30. The van der Waals surface area contributed by atoms with E-state index < -0.39 is 20.0 Å². The fraction of sp³-hybridized carbons (Fsp3) is 0.811. The quantitative estimate of drug-likeness (QED) is 0.0206. The van der Waals surface area contributed by atoms with Crippen molar-refractivity contribution in [2.24, 2.45) is 0 Å². The second kappa shape index (κ2) is 43.8. The van der Waals surface area contributed by atoms with Gasteiger partial charge in [-0.05, 0) is 63.9 Å². The molecule has 0 radical (unpaired) electrons. The summed E-state index contributed by atoms with van der Waals surface area (Å²) in [6, 6.07) is -0.852. The molecule has 368 valence electrons. The Bertz CT molecular complexity index is 1230. The molecule has 0 aliphatic heterocycles. The van der Waals surface area contributed by atoms with E-state index in [4.69, 9.17) is 13.8 Å². The van der Waals surface area contributed by atoms with Gasteiger partial charge in [0.2, 0.25) is 5.91 Å². The van der Waals surface area contributed by atoms with E-state index in [2.05, 4.69) is 62.5 Å². The van der Waals surface area contributed by atoms with Crippen LogP contribution in [-0.4, -0.2) is 74.3 Å². The summed E-state index contributed by atoms with van der Waals surface area (Å²) in [5, 5.41) is 3.03. The van der Waals surface area contributed by atoms with Gasteiger partial charge in [0.1, 0.15) is 19.3 Å². The Morgan fingerprint density at radius 2 is 1.02 bits per heavy atom. The average molecular weight is 908 g/mol. The molecule has 0 aliphatic carbocycles. The van der Waals surface area contributed by atoms with Crippen molar-refractivity contribution in [2.75, 3.05) is 40.9 Å². The molecule has 3 unspecified atom stereocenters. The molecule has 0 saturated carbocycles. The van der Waals surface area contributed by atoms with E-state index >= 15 is 0 Å². The summed E-state index contributed by atoms with van der Waals surface area (Å²) in [6.07, 6.45) is 51.0. The van der Waals surface area contributed by atoms with E-state index in [9.17, 15) is 19.0 Å². The predicted molar refractivity (Wildman–Crippen MR) is 268 cm³/mol. The van der Waals surface area contributed by atoms with E-state index in [1.807, 2.05) is 33.3 Å². The van der Waals surface area contributed by atoms with Crippen molar-refractivity contribution < 1.29 is 37.3 Å². The smallest absolute Gasteiger partial charge is 0.456 e. The number of hydrogen-bond donors (Lipinski definition) is 2. The number of carbonyl (C=O) groups excluding carboxylic acids is 2. The molecule has 0 saturated heterocycles. The second-order valence-corrected chi connectivity index (χ2v) is 20.1. The van der Waals surface area contributed by atoms with Crippen LogP contribution in [0.1, 0.15) is 226 Å². The van der Waals surface area contributed by atoms with Crippen LogP contribution in [0.3, 0.4) is 0 Å². The van der Waals surface area contributed by atoms with Crippen molar-refractivity contribution in [3.8, 4) is 0 Å². The summed E-state index contributed by atoms with van der Waals surface area (Å²) in [5.41, 5.74) is 0. The highest BCUT2D eigenvalue weighted by atomic mass is 31.2. The monoisotopic (exact) mass is 908 g/mol. The molecule has 63 heavy (non-hydrogen) atoms. The highest BCUT2D eigenvalue weighted by Crippen LogP contribution is 2.43. The van der Waals surface area contributed by atoms with Crippen LogP contribution < -0.4 is 5.32 Å². The first-order valence-electron chi connectivity index (χ1n) is 26.0. The summed E-state index contributed by atoms with van der Waals surface area (Å²) >= 11 is 0. The summed E-state index contributed by atoms with van der Waals surface area (Å²) < 4.78 is 30.5. The normalized spacial score (nSPS) is 14.3. The lowest BCUT2D eigenvalue weighted by molar-refractivity contribution is -0.870. The number of allylic oxidation sites excluding steroid dienone is 7. The molecule has 0 aromatic carbocycles. The van der Waals surface area contributed by atoms with Gasteiger partial charge in [0, 0.05) is 12.8 Å². The first-order chi connectivity index (χ1) is 30.4. The minimum absolute atomic E-state index is 0.0369. The van der Waals surface area contributed by atoms with Gasteiger partial charge in [-0.2, -0.15) is 0 Å². The first-order valence-corrected chi connectivity index (χ1v) is 27.5. The van der Waals surface area contributed by atoms with Crippen LogP contribution in [0.4, 0.5) is 0 Å². The molecular formula is C53H100N2O7P+. The van der Waals surface area contributed by atoms with Gasteiger partial charge in [-0.25, -0.2) is 4.57 Å². The van der Waals surface area contributed by atoms with Gasteiger partial charge in [0.25, 0.3) is 0 Å². The van der Waals surface area contributed by atoms with Gasteiger partial charge in [-0.3, -0.25) is 18.6 Å². The molecule has 0 aromatic heterocycles. The van der Waals surface area contributed by atoms with Crippen molar-refractivity contribution in [1.29, 1.82) is 0 Å². The maximum Gasteiger partial charge on any atom is 0.472 e. The Morgan fingerprint density at radius 1 is 0.571 bits per heavy atom. The number of esters is 1. The van der Waals surface area contributed by atoms with Crippen molar-refractivity contribution >= 4 is 19.7 Å². The lowest BCUT2D eigenvalue weighted by Crippen LogP contribution is -2.47. The fourth-order valence-electron chi connectivity index (χ4n) is 7.25. The summed E-state index contributed by atoms with van der Waals surface area (Å²) in [6.45, 7) is 6.86. The van der Waals surface area contributed by atoms with E-state index in [1.54, 1.807) is 0 Å². The van der Waals surface area contributed by atoms with Gasteiger partial charge >= 0.3 is 13.8 Å². The van der Waals surface area contributed by atoms with E-state index in [0.29, 0.717) is 23.9 Å². The molecule has 0 rings (SSSR count). The molecule has 3 atom stereocenters. The molecule has 0 aromatic rings. The number of phosphoric acid groups is 1. The number of hydrogen-bond acceptors (Lipinski definition) is 6. The topological polar surface area (TPSA) is 111 Å². The lowest BCUT2D eigenvalue weighted by Gasteiger charge is -2.27. The predicted octanol–water partition coefficient (Wildman–Crippen LogP) is 15.0. The van der Waals surface area contributed by atoms with Crippen molar-refractivity contribution in [1.82, 2.24) is 5.32 Å². The molecule has 0 heterocycles. The zero-order chi connectivity index (χ0) is 46.5. The standard InChI is InChI=1S/C53H99N2O7P/c1-7-10-13-16-19-22-25-27-28-31-34-37-40-43-46-53(57)62-51(44-41-38-35-32-30-26-23-20-17-14-11-8-2)50(49-61-63(58,59)60-48-47-55(4,5)6)54-52(56)45-42-39-36-33-29-24-21-18-15-12-9-3/h10,13,19,22,27-28,41,44,50-51H,7-9,11-12,14-18,20-21,23-26,29-40,42-43,45-49H2,1-6H3,(H-,54,56,58,59)/p+1/b13-10+,22-19+,28-27+,44-41+. The molecule has 2 N–H and O–H groups in total. The minimum Gasteiger partial charge on any atom is -0.456 e. The van der Waals surface area contributed by atoms with Gasteiger partial charge in [-0.15, -0.1) is 0 Å². The summed E-state index contributed by atoms with van der Waals surface area (Å²) in [7, 11) is 1.48. The number of phosphoric ester groups is 1. The fourth-order valence-corrected chi connectivity index (χ4v) is 7.98. The van der Waals surface area contributed by atoms with E-state index in [1.165, 1.54) is 103 Å². The third-order valence-corrected chi connectivity index (χ3v) is 12.3. The Hall–Kier alpha value is -2.03. The van der Waals surface area contributed by atoms with Crippen LogP contribution in [0.25, 0.3) is 0 Å². The van der Waals surface area contributed by atoms with Crippen molar-refractivity contribution in [3.63, 3.8) is 0 Å². The van der Waals surface area contributed by atoms with Crippen LogP contribution in [0.2, 0.25) is 0 Å². The first kappa shape index (κ1) is 61.0. The number of nitrogens with zero attached hydrogens (tertiary/aromatic N) is 1. The Labute approximate surface area is 388 Å². The Balaban J connectivity index is 5.47. The molecule has 0 fully saturated rings. The number of unbranched alkanes of at least 4 members (excludes halogenated alkanes) is 24. The largest absolute Gasteiger partial charge is 0.472 e. The summed E-state index contributed by atoms with van der Waals surface area (Å²) in [4.78, 5) is 37.4. The van der Waals surface area contributed by atoms with E-state index in [0.717, 1.165) is 83.5 Å². The van der Waals surface area contributed by atoms with Gasteiger partial charge < -0.3 is 19.4 Å². The van der Waals surface area contributed by atoms with Crippen LogP contribution in [0.15, 0.2) is 48.6 Å². The van der Waals surface area contributed by atoms with Crippen molar-refractivity contribution in [3.05, 3.63) is 48.6 Å². The molecule has 0 spiro atoms. The van der Waals surface area contributed by atoms with Crippen LogP contribution in [0.5, 0.6) is 0 Å². The third-order valence-electron chi connectivity index (χ3n) is 11.3. The molecule has 0 aliphatic rings. The average Bonchev–Trinajstić information content (AvgIpc) is 3.23. The minimum atomic E-state index is -4.44. The number of carbonyl (C=O) groups is 2. The zero-order valence-electron chi connectivity index (χ0n) is 41.8. The van der Waals surface area contributed by atoms with E-state index in [-0.39, 0.29) is 31.5 Å². The number of amides is 1. The zero-order valence-corrected chi connectivity index (χ0v) is 42.7. The SMILES string of the molecule is CC/C=C/C/C=C/C/C=C/CCCCCCC(=O)OC(/C=C/CCCCCCCCCCCC)C(COP(=O)(O)OCC[N+](C)(C)C)NC(=O)CCCCCCCCCCCCC. The summed E-state index contributed by atoms with van der Waals surface area (Å²) in [5.74, 6) is -0.531. The molecular weight excluding hydrogens is 808 g/mol. The van der Waals surface area contributed by atoms with Crippen LogP contribution >= 0.6 is 7.82 Å². The maximum absolute atomic E-state index is 13.4. The number of likely N-dealkylation sites (N-methyl/N-ethyl adjacent to an activating group) is 1. The molecule has 1 amide bonds. The van der Waals surface area contributed by atoms with Crippen LogP contribution in [0, 0.1) is 0 Å². The number of nitrogens with one attached hydrogen (secondary N) is 1. The molecule has 10 heteroatoms. The Morgan fingerprint density at radius 3 is 1.52 bits per heavy atom. The maximum atomic E-state index is 13.4. The highest BCUT2D eigenvalue weighted by molar-refractivity contribution is 7.47.